The van der Waals surface area contributed by atoms with Gasteiger partial charge in [0.2, 0.25) is 5.91 Å². The second-order valence-corrected chi connectivity index (χ2v) is 6.27. The number of aryl methyl sites for hydroxylation is 1. The molecule has 3 heterocycles. The number of carbonyl (C=O) groups excluding carboxylic acids is 1. The van der Waals surface area contributed by atoms with Crippen LogP contribution >= 0.6 is 0 Å². The van der Waals surface area contributed by atoms with E-state index in [9.17, 15) is 9.18 Å². The minimum absolute atomic E-state index is 0.0132. The van der Waals surface area contributed by atoms with Gasteiger partial charge < -0.3 is 10.1 Å². The monoisotopic (exact) mass is 322 g/mol. The number of nitrogens with zero attached hydrogens (tertiary/aromatic N) is 3. The van der Waals surface area contributed by atoms with Crippen molar-refractivity contribution in [1.29, 1.82) is 0 Å². The van der Waals surface area contributed by atoms with E-state index in [1.54, 1.807) is 17.1 Å². The van der Waals surface area contributed by atoms with Gasteiger partial charge >= 0.3 is 0 Å². The number of hydrogen-bond acceptors (Lipinski definition) is 4. The molecule has 23 heavy (non-hydrogen) atoms. The average Bonchev–Trinajstić information content (AvgIpc) is 3.11. The van der Waals surface area contributed by atoms with E-state index in [1.165, 1.54) is 0 Å². The summed E-state index contributed by atoms with van der Waals surface area (Å²) in [6.45, 7) is 2.18. The van der Waals surface area contributed by atoms with Crippen LogP contribution in [0.4, 0.5) is 4.39 Å². The Bertz CT molecular complexity index is 586. The van der Waals surface area contributed by atoms with Crippen molar-refractivity contribution < 1.29 is 13.9 Å². The van der Waals surface area contributed by atoms with Crippen molar-refractivity contribution in [3.63, 3.8) is 0 Å². The van der Waals surface area contributed by atoms with Crippen LogP contribution in [0, 0.1) is 0 Å². The molecule has 1 fully saturated rings. The molecule has 7 heteroatoms. The quantitative estimate of drug-likeness (QED) is 0.883. The molecule has 0 aliphatic carbocycles. The molecule has 1 aromatic rings. The number of carbonyl (C=O) groups is 1. The number of alkyl halides is 1. The van der Waals surface area contributed by atoms with Crippen molar-refractivity contribution in [1.82, 2.24) is 20.0 Å². The van der Waals surface area contributed by atoms with Crippen molar-refractivity contribution in [2.24, 2.45) is 7.05 Å². The van der Waals surface area contributed by atoms with Gasteiger partial charge in [-0.2, -0.15) is 5.10 Å². The fourth-order valence-electron chi connectivity index (χ4n) is 3.17. The zero-order valence-electron chi connectivity index (χ0n) is 13.4. The van der Waals surface area contributed by atoms with Crippen LogP contribution in [-0.4, -0.2) is 52.5 Å². The standard InChI is InChI=1S/C16H23FN4O2/c1-20-8-12(6-19-20)9-21-10-14(17)5-15(21)7-18-16(22)13-3-2-4-23-11-13/h6,8,11,14-15H,2-5,7,9-10H2,1H3,(H,18,22)/t14-,15-/m0/s1. The zero-order chi connectivity index (χ0) is 16.2. The third-order valence-corrected chi connectivity index (χ3v) is 4.34. The van der Waals surface area contributed by atoms with Crippen LogP contribution in [-0.2, 0) is 23.1 Å². The van der Waals surface area contributed by atoms with E-state index in [2.05, 4.69) is 15.3 Å². The summed E-state index contributed by atoms with van der Waals surface area (Å²) in [5.41, 5.74) is 1.73. The van der Waals surface area contributed by atoms with E-state index in [0.717, 1.165) is 18.4 Å². The molecule has 126 valence electrons. The lowest BCUT2D eigenvalue weighted by Gasteiger charge is -2.24. The van der Waals surface area contributed by atoms with Gasteiger partial charge in [0.15, 0.2) is 0 Å². The van der Waals surface area contributed by atoms with Gasteiger partial charge in [-0.25, -0.2) is 4.39 Å². The number of aromatic nitrogens is 2. The lowest BCUT2D eigenvalue weighted by molar-refractivity contribution is -0.118. The van der Waals surface area contributed by atoms with Crippen molar-refractivity contribution in [2.45, 2.75) is 38.0 Å². The smallest absolute Gasteiger partial charge is 0.250 e. The molecule has 0 unspecified atom stereocenters. The number of ether oxygens (including phenoxy) is 1. The lowest BCUT2D eigenvalue weighted by Crippen LogP contribution is -2.40. The number of nitrogens with one attached hydrogen (secondary N) is 1. The highest BCUT2D eigenvalue weighted by molar-refractivity contribution is 5.93. The molecule has 0 bridgehead atoms. The van der Waals surface area contributed by atoms with Gasteiger partial charge in [-0.1, -0.05) is 0 Å². The highest BCUT2D eigenvalue weighted by Gasteiger charge is 2.32. The van der Waals surface area contributed by atoms with Crippen LogP contribution in [0.3, 0.4) is 0 Å². The summed E-state index contributed by atoms with van der Waals surface area (Å²) in [5, 5.41) is 7.06. The van der Waals surface area contributed by atoms with Gasteiger partial charge in [0.05, 0.1) is 24.6 Å². The highest BCUT2D eigenvalue weighted by Crippen LogP contribution is 2.22. The van der Waals surface area contributed by atoms with E-state index in [1.807, 2.05) is 13.2 Å². The fourth-order valence-corrected chi connectivity index (χ4v) is 3.17. The Hall–Kier alpha value is -1.89. The van der Waals surface area contributed by atoms with Crippen LogP contribution in [0.1, 0.15) is 24.8 Å². The van der Waals surface area contributed by atoms with Crippen LogP contribution in [0.25, 0.3) is 0 Å². The van der Waals surface area contributed by atoms with Gasteiger partial charge in [-0.3, -0.25) is 14.4 Å². The maximum absolute atomic E-state index is 13.8. The van der Waals surface area contributed by atoms with Crippen molar-refractivity contribution in [3.05, 3.63) is 29.8 Å². The fraction of sp³-hybridized carbons (Fsp3) is 0.625. The van der Waals surface area contributed by atoms with Crippen LogP contribution in [0.2, 0.25) is 0 Å². The van der Waals surface area contributed by atoms with Crippen LogP contribution in [0.15, 0.2) is 24.2 Å². The summed E-state index contributed by atoms with van der Waals surface area (Å²) < 4.78 is 20.7. The second kappa shape index (κ2) is 7.12. The van der Waals surface area contributed by atoms with Crippen molar-refractivity contribution >= 4 is 5.91 Å². The highest BCUT2D eigenvalue weighted by atomic mass is 19.1. The molecule has 1 N–H and O–H groups in total. The average molecular weight is 322 g/mol. The Morgan fingerprint density at radius 2 is 2.43 bits per heavy atom. The predicted molar refractivity (Wildman–Crippen MR) is 83.2 cm³/mol. The number of rotatable bonds is 5. The number of halogens is 1. The first-order valence-electron chi connectivity index (χ1n) is 8.06. The summed E-state index contributed by atoms with van der Waals surface area (Å²) >= 11 is 0. The Morgan fingerprint density at radius 1 is 1.57 bits per heavy atom. The summed E-state index contributed by atoms with van der Waals surface area (Å²) in [5.74, 6) is -0.103. The van der Waals surface area contributed by atoms with Gasteiger partial charge in [0.25, 0.3) is 0 Å². The summed E-state index contributed by atoms with van der Waals surface area (Å²) in [6.07, 6.45) is 6.49. The molecule has 2 aliphatic heterocycles. The molecule has 6 nitrogen and oxygen atoms in total. The SMILES string of the molecule is Cn1cc(CN2C[C@@H](F)C[C@H]2CNC(=O)C2=COCCC2)cn1. The summed E-state index contributed by atoms with van der Waals surface area (Å²) in [7, 11) is 1.86. The molecule has 0 spiro atoms. The predicted octanol–water partition coefficient (Wildman–Crippen LogP) is 1.14. The van der Waals surface area contributed by atoms with Crippen LogP contribution in [0.5, 0.6) is 0 Å². The molecular formula is C16H23FN4O2. The van der Waals surface area contributed by atoms with Crippen LogP contribution < -0.4 is 5.32 Å². The minimum atomic E-state index is -0.842. The second-order valence-electron chi connectivity index (χ2n) is 6.27. The normalized spacial score (nSPS) is 25.0. The molecule has 0 saturated carbocycles. The minimum Gasteiger partial charge on any atom is -0.501 e. The van der Waals surface area contributed by atoms with E-state index < -0.39 is 6.17 Å². The molecule has 2 aliphatic rings. The maximum atomic E-state index is 13.8. The Kier molecular flexibility index (Phi) is 4.95. The summed E-state index contributed by atoms with van der Waals surface area (Å²) in [4.78, 5) is 14.2. The van der Waals surface area contributed by atoms with Gasteiger partial charge in [-0.15, -0.1) is 0 Å². The van der Waals surface area contributed by atoms with Gasteiger partial charge in [-0.05, 0) is 19.3 Å². The molecule has 1 saturated heterocycles. The Labute approximate surface area is 135 Å². The lowest BCUT2D eigenvalue weighted by atomic mass is 10.1. The molecule has 1 aromatic heterocycles. The maximum Gasteiger partial charge on any atom is 0.250 e. The first-order valence-corrected chi connectivity index (χ1v) is 8.06. The molecule has 0 aromatic carbocycles. The van der Waals surface area contributed by atoms with E-state index in [-0.39, 0.29) is 11.9 Å². The third kappa shape index (κ3) is 4.10. The van der Waals surface area contributed by atoms with E-state index >= 15 is 0 Å². The molecular weight excluding hydrogens is 299 g/mol. The van der Waals surface area contributed by atoms with Gasteiger partial charge in [0, 0.05) is 44.5 Å². The van der Waals surface area contributed by atoms with E-state index in [0.29, 0.717) is 38.2 Å². The summed E-state index contributed by atoms with van der Waals surface area (Å²) in [6, 6.07) is 0.0132. The number of likely N-dealkylation sites (tertiary alicyclic amines) is 1. The third-order valence-electron chi connectivity index (χ3n) is 4.34. The molecule has 0 radical (unpaired) electrons. The Morgan fingerprint density at radius 3 is 3.13 bits per heavy atom. The molecule has 3 rings (SSSR count). The topological polar surface area (TPSA) is 59.4 Å². The molecule has 2 atom stereocenters. The van der Waals surface area contributed by atoms with Gasteiger partial charge in [0.1, 0.15) is 6.17 Å². The Balaban J connectivity index is 1.54. The number of hydrogen-bond donors (Lipinski definition) is 1. The first kappa shape index (κ1) is 16.0. The largest absolute Gasteiger partial charge is 0.501 e. The number of amides is 1. The van der Waals surface area contributed by atoms with Crippen molar-refractivity contribution in [3.8, 4) is 0 Å². The van der Waals surface area contributed by atoms with E-state index in [4.69, 9.17) is 4.74 Å². The first-order chi connectivity index (χ1) is 11.1. The zero-order valence-corrected chi connectivity index (χ0v) is 13.4. The van der Waals surface area contributed by atoms with Crippen molar-refractivity contribution in [2.75, 3.05) is 19.7 Å². The molecule has 1 amide bonds.